The summed E-state index contributed by atoms with van der Waals surface area (Å²) in [6.07, 6.45) is -1.04. The maximum Gasteiger partial charge on any atom is 0.471 e. The Labute approximate surface area is 275 Å². The molecule has 0 bridgehead atoms. The molecule has 3 atom stereocenters. The first-order chi connectivity index (χ1) is 21.5. The average Bonchev–Trinajstić information content (AvgIpc) is 2.96. The first-order valence-corrected chi connectivity index (χ1v) is 17.0. The van der Waals surface area contributed by atoms with Crippen LogP contribution in [0.25, 0.3) is 0 Å². The second kappa shape index (κ2) is 15.6. The number of nitrogens with one attached hydrogen (secondary N) is 3. The van der Waals surface area contributed by atoms with Gasteiger partial charge in [-0.25, -0.2) is 13.1 Å². The van der Waals surface area contributed by atoms with Crippen LogP contribution in [0.3, 0.4) is 0 Å². The van der Waals surface area contributed by atoms with Crippen molar-refractivity contribution >= 4 is 39.3 Å². The van der Waals surface area contributed by atoms with Gasteiger partial charge in [0.1, 0.15) is 6.04 Å². The molecule has 1 aliphatic heterocycles. The minimum atomic E-state index is -5.12. The standard InChI is InChI=1S/C32H48F3N5O6S/c1-19(2)25(39(9)29(43)26(31(6,7)8)37-28(42)24-12-10-11-17-40(24)20(3)4)18-21(5)27(41)38-47(45,46)23-15-13-22(14-16-23)36-30(44)32(33,34)35/h13-16,18-20,24-26H,10-12,17H2,1-9H3,(H,36,44)(H,37,42)(H,38,41)/b21-18+/t24-,25-,26?/m1/s1. The van der Waals surface area contributed by atoms with E-state index in [0.29, 0.717) is 6.42 Å². The van der Waals surface area contributed by atoms with E-state index < -0.39 is 50.4 Å². The maximum atomic E-state index is 14.0. The number of likely N-dealkylation sites (tertiary alicyclic amines) is 1. The van der Waals surface area contributed by atoms with Crippen molar-refractivity contribution in [2.75, 3.05) is 18.9 Å². The van der Waals surface area contributed by atoms with Crippen molar-refractivity contribution in [3.8, 4) is 0 Å². The number of rotatable bonds is 11. The highest BCUT2D eigenvalue weighted by atomic mass is 32.2. The van der Waals surface area contributed by atoms with E-state index in [2.05, 4.69) is 10.2 Å². The third kappa shape index (κ3) is 10.8. The van der Waals surface area contributed by atoms with Crippen molar-refractivity contribution in [1.82, 2.24) is 19.8 Å². The van der Waals surface area contributed by atoms with Gasteiger partial charge in [0, 0.05) is 24.4 Å². The van der Waals surface area contributed by atoms with Crippen molar-refractivity contribution in [3.63, 3.8) is 0 Å². The second-order valence-electron chi connectivity index (χ2n) is 13.6. The zero-order chi connectivity index (χ0) is 36.1. The lowest BCUT2D eigenvalue weighted by Gasteiger charge is -2.41. The Morgan fingerprint density at radius 2 is 1.57 bits per heavy atom. The number of likely N-dealkylation sites (N-methyl/N-ethyl adjacent to an activating group) is 1. The summed E-state index contributed by atoms with van der Waals surface area (Å²) in [5.41, 5.74) is -0.955. The summed E-state index contributed by atoms with van der Waals surface area (Å²) in [6.45, 7) is 15.5. The van der Waals surface area contributed by atoms with E-state index in [-0.39, 0.29) is 41.1 Å². The maximum absolute atomic E-state index is 14.0. The smallest absolute Gasteiger partial charge is 0.342 e. The molecule has 0 aromatic heterocycles. The fourth-order valence-electron chi connectivity index (χ4n) is 5.36. The van der Waals surface area contributed by atoms with Gasteiger partial charge in [-0.05, 0) is 75.8 Å². The van der Waals surface area contributed by atoms with E-state index in [9.17, 15) is 40.8 Å². The number of hydrogen-bond acceptors (Lipinski definition) is 7. The molecular formula is C32H48F3N5O6S. The summed E-state index contributed by atoms with van der Waals surface area (Å²) in [5.74, 6) is -3.99. The molecule has 1 heterocycles. The summed E-state index contributed by atoms with van der Waals surface area (Å²) in [5, 5.41) is 4.61. The highest BCUT2D eigenvalue weighted by molar-refractivity contribution is 7.90. The van der Waals surface area contributed by atoms with Crippen molar-refractivity contribution in [2.24, 2.45) is 11.3 Å². The Morgan fingerprint density at radius 1 is 1.00 bits per heavy atom. The number of anilines is 1. The van der Waals surface area contributed by atoms with Crippen LogP contribution in [0.1, 0.15) is 74.7 Å². The summed E-state index contributed by atoms with van der Waals surface area (Å²) >= 11 is 0. The third-order valence-corrected chi connectivity index (χ3v) is 9.42. The minimum absolute atomic E-state index is 0.00730. The molecule has 0 saturated carbocycles. The van der Waals surface area contributed by atoms with Crippen LogP contribution in [-0.2, 0) is 29.2 Å². The molecule has 264 valence electrons. The molecule has 2 rings (SSSR count). The van der Waals surface area contributed by atoms with Crippen LogP contribution in [0, 0.1) is 11.3 Å². The van der Waals surface area contributed by atoms with E-state index in [0.717, 1.165) is 43.7 Å². The summed E-state index contributed by atoms with van der Waals surface area (Å²) in [7, 11) is -2.88. The number of carbonyl (C=O) groups excluding carboxylic acids is 4. The number of alkyl halides is 3. The molecule has 0 aliphatic carbocycles. The fraction of sp³-hybridized carbons (Fsp3) is 0.625. The van der Waals surface area contributed by atoms with E-state index in [1.165, 1.54) is 17.9 Å². The fourth-order valence-corrected chi connectivity index (χ4v) is 6.37. The van der Waals surface area contributed by atoms with Gasteiger partial charge in [-0.1, -0.05) is 47.1 Å². The average molecular weight is 688 g/mol. The summed E-state index contributed by atoms with van der Waals surface area (Å²) in [4.78, 5) is 54.8. The van der Waals surface area contributed by atoms with Gasteiger partial charge in [0.05, 0.1) is 17.0 Å². The van der Waals surface area contributed by atoms with Gasteiger partial charge in [-0.15, -0.1) is 0 Å². The lowest BCUT2D eigenvalue weighted by Crippen LogP contribution is -2.60. The number of hydrogen-bond donors (Lipinski definition) is 3. The predicted octanol–water partition coefficient (Wildman–Crippen LogP) is 4.22. The number of nitrogens with zero attached hydrogens (tertiary/aromatic N) is 2. The number of piperidine rings is 1. The van der Waals surface area contributed by atoms with Crippen LogP contribution >= 0.6 is 0 Å². The zero-order valence-corrected chi connectivity index (χ0v) is 29.3. The van der Waals surface area contributed by atoms with E-state index in [1.807, 2.05) is 53.2 Å². The summed E-state index contributed by atoms with van der Waals surface area (Å²) in [6, 6.07) is 2.07. The zero-order valence-electron chi connectivity index (χ0n) is 28.5. The van der Waals surface area contributed by atoms with Crippen molar-refractivity contribution in [1.29, 1.82) is 0 Å². The van der Waals surface area contributed by atoms with Crippen LogP contribution in [0.2, 0.25) is 0 Å². The number of benzene rings is 1. The molecule has 3 N–H and O–H groups in total. The number of carbonyl (C=O) groups is 4. The van der Waals surface area contributed by atoms with Gasteiger partial charge in [0.15, 0.2) is 0 Å². The molecule has 47 heavy (non-hydrogen) atoms. The Morgan fingerprint density at radius 3 is 2.06 bits per heavy atom. The number of sulfonamides is 1. The molecule has 1 unspecified atom stereocenters. The van der Waals surface area contributed by atoms with Gasteiger partial charge in [0.25, 0.3) is 15.9 Å². The molecule has 15 heteroatoms. The lowest BCUT2D eigenvalue weighted by molar-refractivity contribution is -0.167. The van der Waals surface area contributed by atoms with E-state index >= 15 is 0 Å². The largest absolute Gasteiger partial charge is 0.471 e. The van der Waals surface area contributed by atoms with Crippen molar-refractivity contribution in [3.05, 3.63) is 35.9 Å². The van der Waals surface area contributed by atoms with Crippen LogP contribution in [0.4, 0.5) is 18.9 Å². The first kappa shape index (κ1) is 39.7. The monoisotopic (exact) mass is 687 g/mol. The Hall–Kier alpha value is -3.46. The van der Waals surface area contributed by atoms with E-state index in [4.69, 9.17) is 0 Å². The molecule has 11 nitrogen and oxygen atoms in total. The normalized spacial score (nSPS) is 18.0. The van der Waals surface area contributed by atoms with Crippen LogP contribution in [0.5, 0.6) is 0 Å². The topological polar surface area (TPSA) is 145 Å². The van der Waals surface area contributed by atoms with Crippen LogP contribution < -0.4 is 15.4 Å². The highest BCUT2D eigenvalue weighted by Crippen LogP contribution is 2.26. The van der Waals surface area contributed by atoms with Crippen LogP contribution in [-0.4, -0.2) is 85.8 Å². The molecule has 1 aromatic carbocycles. The summed E-state index contributed by atoms with van der Waals surface area (Å²) < 4.78 is 65.2. The van der Waals surface area contributed by atoms with Crippen molar-refractivity contribution in [2.45, 2.75) is 110 Å². The van der Waals surface area contributed by atoms with Crippen molar-refractivity contribution < 1.29 is 40.8 Å². The van der Waals surface area contributed by atoms with Gasteiger partial charge in [-0.2, -0.15) is 13.2 Å². The van der Waals surface area contributed by atoms with Gasteiger partial charge < -0.3 is 15.5 Å². The molecule has 4 amide bonds. The van der Waals surface area contributed by atoms with Gasteiger partial charge in [-0.3, -0.25) is 24.1 Å². The molecule has 1 saturated heterocycles. The minimum Gasteiger partial charge on any atom is -0.342 e. The highest BCUT2D eigenvalue weighted by Gasteiger charge is 2.40. The quantitative estimate of drug-likeness (QED) is 0.296. The molecule has 0 radical (unpaired) electrons. The Kier molecular flexibility index (Phi) is 13.2. The molecule has 0 spiro atoms. The van der Waals surface area contributed by atoms with Crippen LogP contribution in [0.15, 0.2) is 40.8 Å². The Bertz CT molecular complexity index is 1440. The third-order valence-electron chi connectivity index (χ3n) is 8.07. The first-order valence-electron chi connectivity index (χ1n) is 15.5. The molecule has 1 aliphatic rings. The van der Waals surface area contributed by atoms with Gasteiger partial charge in [0.2, 0.25) is 11.8 Å². The number of amides is 4. The molecule has 1 fully saturated rings. The second-order valence-corrected chi connectivity index (χ2v) is 15.3. The molecule has 1 aromatic rings. The molecular weight excluding hydrogens is 639 g/mol. The Balaban J connectivity index is 2.24. The predicted molar refractivity (Wildman–Crippen MR) is 172 cm³/mol. The lowest BCUT2D eigenvalue weighted by atomic mass is 9.84. The SMILES string of the molecule is C/C(=C\[C@H](C(C)C)N(C)C(=O)C(NC(=O)[C@H]1CCCCN1C(C)C)C(C)(C)C)C(=O)NS(=O)(=O)c1ccc(NC(=O)C(F)(F)F)cc1. The van der Waals surface area contributed by atoms with Gasteiger partial charge >= 0.3 is 12.1 Å². The van der Waals surface area contributed by atoms with E-state index in [1.54, 1.807) is 12.4 Å². The number of halogens is 3.